The topological polar surface area (TPSA) is 61.7 Å². The number of hydrogen-bond acceptors (Lipinski definition) is 4. The summed E-state index contributed by atoms with van der Waals surface area (Å²) >= 11 is 0. The number of aryl methyl sites for hydroxylation is 2. The number of anilines is 1. The van der Waals surface area contributed by atoms with Gasteiger partial charge in [-0.05, 0) is 36.8 Å². The van der Waals surface area contributed by atoms with Crippen LogP contribution in [0.3, 0.4) is 0 Å². The summed E-state index contributed by atoms with van der Waals surface area (Å²) in [6, 6.07) is 20.1. The van der Waals surface area contributed by atoms with E-state index in [0.29, 0.717) is 31.7 Å². The Morgan fingerprint density at radius 2 is 1.62 bits per heavy atom. The highest BCUT2D eigenvalue weighted by molar-refractivity contribution is 6.13. The molecule has 3 heterocycles. The van der Waals surface area contributed by atoms with Gasteiger partial charge < -0.3 is 19.3 Å². The summed E-state index contributed by atoms with van der Waals surface area (Å²) in [5.74, 6) is 0.816. The van der Waals surface area contributed by atoms with Gasteiger partial charge in [0.1, 0.15) is 5.82 Å². The van der Waals surface area contributed by atoms with Crippen LogP contribution in [0.25, 0.3) is 22.2 Å². The molecule has 2 aromatic heterocycles. The van der Waals surface area contributed by atoms with Crippen molar-refractivity contribution in [3.63, 3.8) is 0 Å². The van der Waals surface area contributed by atoms with Crippen molar-refractivity contribution >= 4 is 40.9 Å². The summed E-state index contributed by atoms with van der Waals surface area (Å²) in [6.45, 7) is 4.64. The average molecular weight is 518 g/mol. The summed E-state index contributed by atoms with van der Waals surface area (Å²) in [6.07, 6.45) is 1.62. The minimum absolute atomic E-state index is 0. The summed E-state index contributed by atoms with van der Waals surface area (Å²) in [5.41, 5.74) is 5.50. The first-order valence-electron chi connectivity index (χ1n) is 12.2. The molecule has 5 rings (SSSR count). The van der Waals surface area contributed by atoms with Crippen LogP contribution in [0.5, 0.6) is 0 Å². The Balaban J connectivity index is 0.00000320. The average Bonchev–Trinajstić information content (AvgIpc) is 3.19. The lowest BCUT2D eigenvalue weighted by atomic mass is 10.0. The van der Waals surface area contributed by atoms with E-state index in [0.717, 1.165) is 39.1 Å². The monoisotopic (exact) mass is 517 g/mol. The summed E-state index contributed by atoms with van der Waals surface area (Å²) in [5, 5.41) is 0.992. The molecule has 192 valence electrons. The van der Waals surface area contributed by atoms with Gasteiger partial charge >= 0.3 is 0 Å². The van der Waals surface area contributed by atoms with Crippen LogP contribution in [0.1, 0.15) is 26.3 Å². The van der Waals surface area contributed by atoms with E-state index < -0.39 is 0 Å². The van der Waals surface area contributed by atoms with Crippen molar-refractivity contribution in [3.8, 4) is 11.3 Å². The van der Waals surface area contributed by atoms with Gasteiger partial charge in [0, 0.05) is 64.4 Å². The standard InChI is InChI=1S/C29H31N5O2.ClH/c1-20-10-12-24-23(18-20)26(27(32(24)4)21-8-6-5-7-9-21)29(36)34-16-14-33(15-17-34)25-13-11-22(19-30-25)28(35)31(2)3;/h5-13,18-19H,14-17H2,1-4H3;1H. The Morgan fingerprint density at radius 1 is 0.919 bits per heavy atom. The molecular formula is C29H32ClN5O2. The quantitative estimate of drug-likeness (QED) is 0.396. The van der Waals surface area contributed by atoms with Gasteiger partial charge in [0.25, 0.3) is 11.8 Å². The lowest BCUT2D eigenvalue weighted by molar-refractivity contribution is 0.0748. The van der Waals surface area contributed by atoms with Crippen LogP contribution in [0.15, 0.2) is 66.9 Å². The van der Waals surface area contributed by atoms with Crippen LogP contribution in [0.4, 0.5) is 5.82 Å². The first-order chi connectivity index (χ1) is 17.3. The van der Waals surface area contributed by atoms with E-state index in [1.54, 1.807) is 25.2 Å². The van der Waals surface area contributed by atoms with E-state index in [4.69, 9.17) is 0 Å². The molecule has 0 atom stereocenters. The molecule has 1 fully saturated rings. The lowest BCUT2D eigenvalue weighted by Crippen LogP contribution is -2.49. The summed E-state index contributed by atoms with van der Waals surface area (Å²) in [4.78, 5) is 36.3. The summed E-state index contributed by atoms with van der Waals surface area (Å²) < 4.78 is 2.13. The first kappa shape index (κ1) is 26.2. The molecule has 0 spiro atoms. The van der Waals surface area contributed by atoms with Crippen molar-refractivity contribution in [2.24, 2.45) is 7.05 Å². The van der Waals surface area contributed by atoms with Crippen molar-refractivity contribution in [2.75, 3.05) is 45.2 Å². The maximum Gasteiger partial charge on any atom is 0.256 e. The number of piperazine rings is 1. The molecule has 0 aliphatic carbocycles. The van der Waals surface area contributed by atoms with E-state index in [1.807, 2.05) is 42.3 Å². The maximum atomic E-state index is 14.0. The van der Waals surface area contributed by atoms with Crippen molar-refractivity contribution in [2.45, 2.75) is 6.92 Å². The minimum Gasteiger partial charge on any atom is -0.353 e. The number of aromatic nitrogens is 2. The molecule has 0 saturated carbocycles. The van der Waals surface area contributed by atoms with Gasteiger partial charge in [-0.3, -0.25) is 9.59 Å². The highest BCUT2D eigenvalue weighted by Crippen LogP contribution is 2.35. The largest absolute Gasteiger partial charge is 0.353 e. The van der Waals surface area contributed by atoms with E-state index in [1.165, 1.54) is 0 Å². The zero-order valence-corrected chi connectivity index (χ0v) is 22.5. The van der Waals surface area contributed by atoms with Crippen LogP contribution in [-0.4, -0.2) is 71.4 Å². The highest BCUT2D eigenvalue weighted by Gasteiger charge is 2.29. The first-order valence-corrected chi connectivity index (χ1v) is 12.2. The molecule has 1 aliphatic rings. The van der Waals surface area contributed by atoms with E-state index >= 15 is 0 Å². The maximum absolute atomic E-state index is 14.0. The Kier molecular flexibility index (Phi) is 7.55. The number of carbonyl (C=O) groups excluding carboxylic acids is 2. The predicted molar refractivity (Wildman–Crippen MR) is 151 cm³/mol. The third-order valence-corrected chi connectivity index (χ3v) is 6.91. The number of pyridine rings is 1. The molecule has 0 unspecified atom stereocenters. The Bertz CT molecular complexity index is 1420. The highest BCUT2D eigenvalue weighted by atomic mass is 35.5. The predicted octanol–water partition coefficient (Wildman–Crippen LogP) is 4.63. The second-order valence-corrected chi connectivity index (χ2v) is 9.55. The van der Waals surface area contributed by atoms with Gasteiger partial charge in [-0.2, -0.15) is 0 Å². The van der Waals surface area contributed by atoms with E-state index in [9.17, 15) is 9.59 Å². The van der Waals surface area contributed by atoms with Crippen molar-refractivity contribution in [3.05, 3.63) is 83.6 Å². The zero-order chi connectivity index (χ0) is 25.4. The van der Waals surface area contributed by atoms with Crippen LogP contribution < -0.4 is 4.90 Å². The zero-order valence-electron chi connectivity index (χ0n) is 21.6. The Hall–Kier alpha value is -3.84. The normalized spacial score (nSPS) is 13.4. The molecule has 1 aliphatic heterocycles. The van der Waals surface area contributed by atoms with Crippen molar-refractivity contribution < 1.29 is 9.59 Å². The van der Waals surface area contributed by atoms with Crippen LogP contribution in [0.2, 0.25) is 0 Å². The molecular weight excluding hydrogens is 486 g/mol. The van der Waals surface area contributed by atoms with E-state index in [-0.39, 0.29) is 24.2 Å². The third-order valence-electron chi connectivity index (χ3n) is 6.91. The second-order valence-electron chi connectivity index (χ2n) is 9.55. The van der Waals surface area contributed by atoms with Gasteiger partial charge in [0.05, 0.1) is 16.8 Å². The molecule has 0 N–H and O–H groups in total. The fourth-order valence-electron chi connectivity index (χ4n) is 4.96. The molecule has 0 radical (unpaired) electrons. The molecule has 0 bridgehead atoms. The molecule has 7 nitrogen and oxygen atoms in total. The Labute approximate surface area is 223 Å². The van der Waals surface area contributed by atoms with Crippen molar-refractivity contribution in [1.82, 2.24) is 19.4 Å². The molecule has 37 heavy (non-hydrogen) atoms. The van der Waals surface area contributed by atoms with Crippen LogP contribution >= 0.6 is 12.4 Å². The smallest absolute Gasteiger partial charge is 0.256 e. The number of halogens is 1. The van der Waals surface area contributed by atoms with Gasteiger partial charge in [0.2, 0.25) is 0 Å². The SMILES string of the molecule is Cc1ccc2c(c1)c(C(=O)N1CCN(c3ccc(C(=O)N(C)C)cn3)CC1)c(-c1ccccc1)n2C.Cl. The van der Waals surface area contributed by atoms with Crippen molar-refractivity contribution in [1.29, 1.82) is 0 Å². The molecule has 4 aromatic rings. The lowest BCUT2D eigenvalue weighted by Gasteiger charge is -2.35. The number of nitrogens with zero attached hydrogens (tertiary/aromatic N) is 5. The summed E-state index contributed by atoms with van der Waals surface area (Å²) in [7, 11) is 5.49. The van der Waals surface area contributed by atoms with Crippen LogP contribution in [0, 0.1) is 6.92 Å². The molecule has 8 heteroatoms. The number of amides is 2. The van der Waals surface area contributed by atoms with Gasteiger partial charge in [-0.25, -0.2) is 4.98 Å². The number of rotatable bonds is 4. The van der Waals surface area contributed by atoms with Gasteiger partial charge in [-0.1, -0.05) is 42.0 Å². The Morgan fingerprint density at radius 3 is 2.24 bits per heavy atom. The number of hydrogen-bond donors (Lipinski definition) is 0. The minimum atomic E-state index is -0.0657. The fourth-order valence-corrected chi connectivity index (χ4v) is 4.96. The second kappa shape index (κ2) is 10.6. The van der Waals surface area contributed by atoms with E-state index in [2.05, 4.69) is 51.7 Å². The molecule has 1 saturated heterocycles. The van der Waals surface area contributed by atoms with Crippen LogP contribution in [-0.2, 0) is 7.05 Å². The molecule has 2 amide bonds. The fraction of sp³-hybridized carbons (Fsp3) is 0.276. The number of fused-ring (bicyclic) bond motifs is 1. The third kappa shape index (κ3) is 4.91. The van der Waals surface area contributed by atoms with Gasteiger partial charge in [-0.15, -0.1) is 12.4 Å². The molecule has 2 aromatic carbocycles. The number of benzene rings is 2. The van der Waals surface area contributed by atoms with Gasteiger partial charge in [0.15, 0.2) is 0 Å². The number of carbonyl (C=O) groups is 2.